The van der Waals surface area contributed by atoms with Crippen molar-refractivity contribution in [2.75, 3.05) is 19.6 Å². The quantitative estimate of drug-likeness (QED) is 0.537. The van der Waals surface area contributed by atoms with Crippen molar-refractivity contribution < 1.29 is 9.59 Å². The number of rotatable bonds is 5. The molecule has 0 rings (SSSR count). The van der Waals surface area contributed by atoms with Gasteiger partial charge in [0.05, 0.1) is 18.6 Å². The van der Waals surface area contributed by atoms with Crippen molar-refractivity contribution in [3.8, 4) is 12.1 Å². The lowest BCUT2D eigenvalue weighted by Crippen LogP contribution is -2.44. The van der Waals surface area contributed by atoms with Crippen LogP contribution < -0.4 is 5.32 Å². The second kappa shape index (κ2) is 8.12. The molecule has 17 heavy (non-hydrogen) atoms. The van der Waals surface area contributed by atoms with Crippen molar-refractivity contribution in [3.63, 3.8) is 0 Å². The first kappa shape index (κ1) is 14.9. The normalized spacial score (nSPS) is 9.24. The average Bonchev–Trinajstić information content (AvgIpc) is 2.29. The predicted octanol–water partition coefficient (Wildman–Crippen LogP) is 0.0245. The second-order valence-electron chi connectivity index (χ2n) is 3.89. The molecule has 0 aromatic carbocycles. The lowest BCUT2D eigenvalue weighted by molar-refractivity contribution is -0.146. The third-order valence-corrected chi connectivity index (χ3v) is 1.89. The van der Waals surface area contributed by atoms with E-state index in [9.17, 15) is 9.59 Å². The SMILES string of the molecule is CC(C)CN(CCC#N)C(=O)C(=O)NCC#N. The fourth-order valence-corrected chi connectivity index (χ4v) is 1.24. The van der Waals surface area contributed by atoms with Gasteiger partial charge in [-0.15, -0.1) is 0 Å². The lowest BCUT2D eigenvalue weighted by Gasteiger charge is -2.22. The number of nitriles is 2. The highest BCUT2D eigenvalue weighted by atomic mass is 16.2. The molecule has 0 aliphatic rings. The Morgan fingerprint density at radius 1 is 1.29 bits per heavy atom. The van der Waals surface area contributed by atoms with Crippen LogP contribution in [0.25, 0.3) is 0 Å². The van der Waals surface area contributed by atoms with E-state index in [2.05, 4.69) is 5.32 Å². The summed E-state index contributed by atoms with van der Waals surface area (Å²) >= 11 is 0. The lowest BCUT2D eigenvalue weighted by atomic mass is 10.2. The summed E-state index contributed by atoms with van der Waals surface area (Å²) < 4.78 is 0. The van der Waals surface area contributed by atoms with Gasteiger partial charge in [0.1, 0.15) is 6.54 Å². The molecule has 6 nitrogen and oxygen atoms in total. The van der Waals surface area contributed by atoms with Gasteiger partial charge in [0.15, 0.2) is 0 Å². The van der Waals surface area contributed by atoms with Crippen LogP contribution in [0, 0.1) is 28.6 Å². The van der Waals surface area contributed by atoms with Crippen LogP contribution in [0.3, 0.4) is 0 Å². The summed E-state index contributed by atoms with van der Waals surface area (Å²) in [6.07, 6.45) is 0.185. The van der Waals surface area contributed by atoms with Gasteiger partial charge in [0.25, 0.3) is 0 Å². The van der Waals surface area contributed by atoms with Crippen molar-refractivity contribution in [2.24, 2.45) is 5.92 Å². The zero-order chi connectivity index (χ0) is 13.3. The number of nitrogens with one attached hydrogen (secondary N) is 1. The summed E-state index contributed by atoms with van der Waals surface area (Å²) in [4.78, 5) is 24.4. The van der Waals surface area contributed by atoms with Gasteiger partial charge in [0, 0.05) is 13.1 Å². The molecule has 0 fully saturated rings. The minimum absolute atomic E-state index is 0.185. The Hall–Kier alpha value is -2.08. The maximum absolute atomic E-state index is 11.7. The standard InChI is InChI=1S/C11H16N4O2/c1-9(2)8-15(7-3-4-12)11(17)10(16)14-6-5-13/h9H,3,6-8H2,1-2H3,(H,14,16). The summed E-state index contributed by atoms with van der Waals surface area (Å²) in [5.74, 6) is -1.28. The van der Waals surface area contributed by atoms with E-state index in [1.165, 1.54) is 4.90 Å². The first-order valence-corrected chi connectivity index (χ1v) is 5.34. The highest BCUT2D eigenvalue weighted by Crippen LogP contribution is 2.00. The third-order valence-electron chi connectivity index (χ3n) is 1.89. The van der Waals surface area contributed by atoms with E-state index in [0.717, 1.165) is 0 Å². The monoisotopic (exact) mass is 236 g/mol. The van der Waals surface area contributed by atoms with E-state index in [0.29, 0.717) is 6.54 Å². The number of hydrogen-bond acceptors (Lipinski definition) is 4. The van der Waals surface area contributed by atoms with Crippen LogP contribution in [-0.2, 0) is 9.59 Å². The number of nitrogens with zero attached hydrogens (tertiary/aromatic N) is 3. The summed E-state index contributed by atoms with van der Waals surface area (Å²) in [5, 5.41) is 19.0. The van der Waals surface area contributed by atoms with Gasteiger partial charge in [-0.25, -0.2) is 0 Å². The Labute approximate surface area is 101 Å². The molecule has 0 heterocycles. The molecule has 0 bridgehead atoms. The van der Waals surface area contributed by atoms with Gasteiger partial charge in [-0.1, -0.05) is 13.8 Å². The van der Waals surface area contributed by atoms with Crippen molar-refractivity contribution in [1.82, 2.24) is 10.2 Å². The summed E-state index contributed by atoms with van der Waals surface area (Å²) in [6.45, 7) is 4.28. The van der Waals surface area contributed by atoms with E-state index < -0.39 is 11.8 Å². The largest absolute Gasteiger partial charge is 0.335 e. The van der Waals surface area contributed by atoms with E-state index in [4.69, 9.17) is 10.5 Å². The molecule has 0 aliphatic carbocycles. The van der Waals surface area contributed by atoms with Gasteiger partial charge >= 0.3 is 11.8 Å². The molecular formula is C11H16N4O2. The van der Waals surface area contributed by atoms with E-state index in [-0.39, 0.29) is 25.4 Å². The molecule has 0 atom stereocenters. The van der Waals surface area contributed by atoms with Crippen molar-refractivity contribution in [1.29, 1.82) is 10.5 Å². The van der Waals surface area contributed by atoms with Crippen molar-refractivity contribution >= 4 is 11.8 Å². The van der Waals surface area contributed by atoms with Crippen molar-refractivity contribution in [2.45, 2.75) is 20.3 Å². The molecule has 2 amide bonds. The number of carbonyl (C=O) groups excluding carboxylic acids is 2. The van der Waals surface area contributed by atoms with Crippen LogP contribution >= 0.6 is 0 Å². The Kier molecular flexibility index (Phi) is 7.12. The molecule has 1 N–H and O–H groups in total. The molecule has 0 aliphatic heterocycles. The van der Waals surface area contributed by atoms with Crippen molar-refractivity contribution in [3.05, 3.63) is 0 Å². The van der Waals surface area contributed by atoms with Gasteiger partial charge in [-0.05, 0) is 5.92 Å². The number of amides is 2. The predicted molar refractivity (Wildman–Crippen MR) is 60.3 cm³/mol. The molecule has 6 heteroatoms. The Balaban J connectivity index is 4.46. The Morgan fingerprint density at radius 2 is 1.94 bits per heavy atom. The second-order valence-corrected chi connectivity index (χ2v) is 3.89. The van der Waals surface area contributed by atoms with Crippen LogP contribution in [0.15, 0.2) is 0 Å². The molecule has 0 radical (unpaired) electrons. The van der Waals surface area contributed by atoms with E-state index in [1.54, 1.807) is 6.07 Å². The first-order chi connectivity index (χ1) is 8.02. The topological polar surface area (TPSA) is 97.0 Å². The molecule has 0 saturated heterocycles. The highest BCUT2D eigenvalue weighted by molar-refractivity contribution is 6.35. The fraction of sp³-hybridized carbons (Fsp3) is 0.636. The van der Waals surface area contributed by atoms with Crippen LogP contribution in [0.2, 0.25) is 0 Å². The molecule has 0 spiro atoms. The van der Waals surface area contributed by atoms with E-state index >= 15 is 0 Å². The maximum Gasteiger partial charge on any atom is 0.311 e. The summed E-state index contributed by atoms with van der Waals surface area (Å²) in [6, 6.07) is 3.65. The van der Waals surface area contributed by atoms with Gasteiger partial charge in [0.2, 0.25) is 0 Å². The van der Waals surface area contributed by atoms with Crippen LogP contribution in [0.1, 0.15) is 20.3 Å². The highest BCUT2D eigenvalue weighted by Gasteiger charge is 2.21. The Bertz CT molecular complexity index is 351. The number of carbonyl (C=O) groups is 2. The Morgan fingerprint density at radius 3 is 2.41 bits per heavy atom. The third kappa shape index (κ3) is 6.16. The van der Waals surface area contributed by atoms with Gasteiger partial charge in [-0.3, -0.25) is 9.59 Å². The average molecular weight is 236 g/mol. The fourth-order valence-electron chi connectivity index (χ4n) is 1.24. The van der Waals surface area contributed by atoms with E-state index in [1.807, 2.05) is 19.9 Å². The van der Waals surface area contributed by atoms with Crippen LogP contribution in [0.5, 0.6) is 0 Å². The van der Waals surface area contributed by atoms with Crippen LogP contribution in [0.4, 0.5) is 0 Å². The minimum Gasteiger partial charge on any atom is -0.335 e. The first-order valence-electron chi connectivity index (χ1n) is 5.34. The number of hydrogen-bond donors (Lipinski definition) is 1. The van der Waals surface area contributed by atoms with Gasteiger partial charge < -0.3 is 10.2 Å². The van der Waals surface area contributed by atoms with Crippen LogP contribution in [-0.4, -0.2) is 36.3 Å². The zero-order valence-corrected chi connectivity index (χ0v) is 10.1. The minimum atomic E-state index is -0.801. The molecule has 0 unspecified atom stereocenters. The molecule has 0 saturated carbocycles. The maximum atomic E-state index is 11.7. The molecular weight excluding hydrogens is 220 g/mol. The smallest absolute Gasteiger partial charge is 0.311 e. The molecule has 0 aromatic rings. The zero-order valence-electron chi connectivity index (χ0n) is 10.1. The molecule has 0 aromatic heterocycles. The molecule has 92 valence electrons. The summed E-state index contributed by atoms with van der Waals surface area (Å²) in [5.41, 5.74) is 0. The summed E-state index contributed by atoms with van der Waals surface area (Å²) in [7, 11) is 0. The van der Waals surface area contributed by atoms with Gasteiger partial charge in [-0.2, -0.15) is 10.5 Å².